The molecule has 0 bridgehead atoms. The summed E-state index contributed by atoms with van der Waals surface area (Å²) >= 11 is 0. The van der Waals surface area contributed by atoms with Crippen LogP contribution in [0.15, 0.2) is 36.4 Å². The Morgan fingerprint density at radius 3 is 2.39 bits per heavy atom. The van der Waals surface area contributed by atoms with E-state index >= 15 is 0 Å². The van der Waals surface area contributed by atoms with Gasteiger partial charge < -0.3 is 24.1 Å². The van der Waals surface area contributed by atoms with Crippen LogP contribution < -0.4 is 4.74 Å². The Balaban J connectivity index is 2.11. The second-order valence-corrected chi connectivity index (χ2v) is 7.36. The van der Waals surface area contributed by atoms with E-state index in [-0.39, 0.29) is 5.56 Å². The van der Waals surface area contributed by atoms with Gasteiger partial charge in [0.1, 0.15) is 17.1 Å². The van der Waals surface area contributed by atoms with E-state index in [0.717, 1.165) is 5.56 Å². The average Bonchev–Trinajstić information content (AvgIpc) is 2.66. The van der Waals surface area contributed by atoms with Gasteiger partial charge in [-0.2, -0.15) is 0 Å². The lowest BCUT2D eigenvalue weighted by atomic mass is 9.97. The van der Waals surface area contributed by atoms with Gasteiger partial charge in [0.05, 0.1) is 11.7 Å². The Hall–Kier alpha value is -2.41. The van der Waals surface area contributed by atoms with Crippen LogP contribution in [0.25, 0.3) is 0 Å². The molecule has 2 aromatic rings. The number of ether oxygens (including phenoxy) is 4. The molecule has 28 heavy (non-hydrogen) atoms. The minimum absolute atomic E-state index is 0.199. The Morgan fingerprint density at radius 1 is 1.07 bits per heavy atom. The van der Waals surface area contributed by atoms with Gasteiger partial charge in [0.25, 0.3) is 0 Å². The van der Waals surface area contributed by atoms with E-state index in [9.17, 15) is 9.90 Å². The first-order chi connectivity index (χ1) is 13.3. The summed E-state index contributed by atoms with van der Waals surface area (Å²) in [6.45, 7) is 5.96. The topological polar surface area (TPSA) is 74.2 Å². The van der Waals surface area contributed by atoms with E-state index in [0.29, 0.717) is 35.0 Å². The minimum atomic E-state index is -1.73. The number of carbonyl (C=O) groups excluding carboxylic acids is 1. The van der Waals surface area contributed by atoms with Gasteiger partial charge in [0, 0.05) is 14.2 Å². The maximum Gasteiger partial charge on any atom is 0.361 e. The number of aryl methyl sites for hydroxylation is 1. The Labute approximate surface area is 165 Å². The summed E-state index contributed by atoms with van der Waals surface area (Å²) in [4.78, 5) is 12.9. The van der Waals surface area contributed by atoms with Gasteiger partial charge in [0.2, 0.25) is 0 Å². The molecule has 2 aromatic carbocycles. The number of hydrogen-bond acceptors (Lipinski definition) is 6. The second kappa shape index (κ2) is 7.91. The third-order valence-electron chi connectivity index (χ3n) is 4.75. The third-order valence-corrected chi connectivity index (χ3v) is 4.75. The van der Waals surface area contributed by atoms with E-state index in [1.165, 1.54) is 14.2 Å². The Morgan fingerprint density at radius 2 is 1.75 bits per heavy atom. The van der Waals surface area contributed by atoms with E-state index in [2.05, 4.69) is 0 Å². The second-order valence-electron chi connectivity index (χ2n) is 7.36. The lowest BCUT2D eigenvalue weighted by molar-refractivity contribution is -0.348. The number of fused-ring (bicyclic) bond motifs is 2. The third kappa shape index (κ3) is 3.76. The first-order valence-corrected chi connectivity index (χ1v) is 9.24. The fourth-order valence-corrected chi connectivity index (χ4v) is 3.30. The van der Waals surface area contributed by atoms with Crippen molar-refractivity contribution in [1.82, 2.24) is 0 Å². The maximum absolute atomic E-state index is 12.9. The van der Waals surface area contributed by atoms with Crippen molar-refractivity contribution >= 4 is 5.97 Å². The summed E-state index contributed by atoms with van der Waals surface area (Å²) in [5.41, 5.74) is 2.22. The van der Waals surface area contributed by atoms with Gasteiger partial charge in [-0.15, -0.1) is 0 Å². The number of methoxy groups -OCH3 is 2. The molecule has 3 rings (SSSR count). The van der Waals surface area contributed by atoms with Crippen LogP contribution in [0.5, 0.6) is 11.5 Å². The number of esters is 1. The number of rotatable bonds is 5. The van der Waals surface area contributed by atoms with Crippen molar-refractivity contribution in [3.05, 3.63) is 58.7 Å². The van der Waals surface area contributed by atoms with Gasteiger partial charge in [-0.3, -0.25) is 0 Å². The summed E-state index contributed by atoms with van der Waals surface area (Å²) in [7, 11) is 2.79. The fourth-order valence-electron chi connectivity index (χ4n) is 3.30. The smallest absolute Gasteiger partial charge is 0.361 e. The fraction of sp³-hybridized carbons (Fsp3) is 0.409. The SMILES string of the molecule is COC1(OC)OC(=O)c2cc(C(O)CC(C)C)ccc2Oc2ccc(C)cc21. The molecule has 1 unspecified atom stereocenters. The zero-order valence-corrected chi connectivity index (χ0v) is 16.8. The maximum atomic E-state index is 12.9. The quantitative estimate of drug-likeness (QED) is 0.605. The number of hydrogen-bond donors (Lipinski definition) is 1. The van der Waals surface area contributed by atoms with E-state index in [4.69, 9.17) is 18.9 Å². The van der Waals surface area contributed by atoms with Crippen LogP contribution in [0.2, 0.25) is 0 Å². The number of benzene rings is 2. The van der Waals surface area contributed by atoms with Crippen molar-refractivity contribution in [1.29, 1.82) is 0 Å². The summed E-state index contributed by atoms with van der Waals surface area (Å²) in [6, 6.07) is 10.5. The molecule has 1 heterocycles. The molecule has 0 amide bonds. The Bertz CT molecular complexity index is 869. The highest BCUT2D eigenvalue weighted by atomic mass is 16.9. The highest BCUT2D eigenvalue weighted by molar-refractivity contribution is 5.93. The molecule has 6 heteroatoms. The first kappa shape index (κ1) is 20.3. The van der Waals surface area contributed by atoms with E-state index < -0.39 is 18.0 Å². The molecule has 1 aliphatic heterocycles. The summed E-state index contributed by atoms with van der Waals surface area (Å²) in [5, 5.41) is 10.4. The molecule has 0 aliphatic carbocycles. The standard InChI is InChI=1S/C22H26O6/c1-13(2)10-18(23)15-7-9-19-16(12-15)21(24)28-22(25-4,26-5)17-11-14(3)6-8-20(17)27-19/h6-9,11-13,18,23H,10H2,1-5H3. The molecular weight excluding hydrogens is 360 g/mol. The van der Waals surface area contributed by atoms with Gasteiger partial charge >= 0.3 is 11.9 Å². The lowest BCUT2D eigenvalue weighted by Crippen LogP contribution is -2.38. The van der Waals surface area contributed by atoms with E-state index in [1.54, 1.807) is 30.3 Å². The molecule has 6 nitrogen and oxygen atoms in total. The van der Waals surface area contributed by atoms with Crippen LogP contribution in [-0.4, -0.2) is 25.3 Å². The zero-order chi connectivity index (χ0) is 20.5. The predicted octanol–water partition coefficient (Wildman–Crippen LogP) is 4.44. The van der Waals surface area contributed by atoms with Crippen molar-refractivity contribution < 1.29 is 28.8 Å². The van der Waals surface area contributed by atoms with Gasteiger partial charge in [-0.1, -0.05) is 31.5 Å². The molecule has 0 fully saturated rings. The van der Waals surface area contributed by atoms with Crippen molar-refractivity contribution in [2.24, 2.45) is 5.92 Å². The van der Waals surface area contributed by atoms with Crippen molar-refractivity contribution in [2.75, 3.05) is 14.2 Å². The molecule has 1 aliphatic rings. The zero-order valence-electron chi connectivity index (χ0n) is 16.8. The molecule has 0 aromatic heterocycles. The Kier molecular flexibility index (Phi) is 5.74. The van der Waals surface area contributed by atoms with Crippen molar-refractivity contribution in [3.63, 3.8) is 0 Å². The number of cyclic esters (lactones) is 1. The molecule has 1 atom stereocenters. The average molecular weight is 386 g/mol. The normalized spacial score (nSPS) is 16.3. The number of aliphatic hydroxyl groups excluding tert-OH is 1. The van der Waals surface area contributed by atoms with Gasteiger partial charge in [-0.05, 0) is 49.1 Å². The lowest BCUT2D eigenvalue weighted by Gasteiger charge is -2.33. The first-order valence-electron chi connectivity index (χ1n) is 9.24. The minimum Gasteiger partial charge on any atom is -0.456 e. The van der Waals surface area contributed by atoms with Crippen LogP contribution >= 0.6 is 0 Å². The number of aliphatic hydroxyl groups is 1. The van der Waals surface area contributed by atoms with Crippen molar-refractivity contribution in [2.45, 2.75) is 39.3 Å². The highest BCUT2D eigenvalue weighted by Crippen LogP contribution is 2.42. The molecular formula is C22H26O6. The predicted molar refractivity (Wildman–Crippen MR) is 103 cm³/mol. The van der Waals surface area contributed by atoms with Crippen LogP contribution in [0.4, 0.5) is 0 Å². The monoisotopic (exact) mass is 386 g/mol. The van der Waals surface area contributed by atoms with Crippen LogP contribution in [-0.2, 0) is 20.2 Å². The van der Waals surface area contributed by atoms with Crippen LogP contribution in [0.1, 0.15) is 53.4 Å². The molecule has 0 spiro atoms. The molecule has 0 saturated heterocycles. The van der Waals surface area contributed by atoms with Crippen LogP contribution in [0, 0.1) is 12.8 Å². The van der Waals surface area contributed by atoms with Gasteiger partial charge in [0.15, 0.2) is 0 Å². The van der Waals surface area contributed by atoms with Crippen LogP contribution in [0.3, 0.4) is 0 Å². The summed E-state index contributed by atoms with van der Waals surface area (Å²) in [6.07, 6.45) is -0.107. The molecule has 150 valence electrons. The molecule has 1 N–H and O–H groups in total. The molecule has 0 saturated carbocycles. The summed E-state index contributed by atoms with van der Waals surface area (Å²) < 4.78 is 22.6. The highest BCUT2D eigenvalue weighted by Gasteiger charge is 2.43. The van der Waals surface area contributed by atoms with Crippen molar-refractivity contribution in [3.8, 4) is 11.5 Å². The summed E-state index contributed by atoms with van der Waals surface area (Å²) in [5.74, 6) is -1.28. The van der Waals surface area contributed by atoms with Gasteiger partial charge in [-0.25, -0.2) is 4.79 Å². The largest absolute Gasteiger partial charge is 0.456 e. The van der Waals surface area contributed by atoms with E-state index in [1.807, 2.05) is 26.8 Å². The number of carbonyl (C=O) groups is 1. The molecule has 0 radical (unpaired) electrons.